The van der Waals surface area contributed by atoms with Gasteiger partial charge in [-0.15, -0.1) is 0 Å². The van der Waals surface area contributed by atoms with Crippen molar-refractivity contribution < 1.29 is 14.7 Å². The van der Waals surface area contributed by atoms with E-state index in [-0.39, 0.29) is 5.91 Å². The molecule has 4 nitrogen and oxygen atoms in total. The van der Waals surface area contributed by atoms with Crippen molar-refractivity contribution in [1.82, 2.24) is 5.32 Å². The summed E-state index contributed by atoms with van der Waals surface area (Å²) in [6.07, 6.45) is 3.26. The van der Waals surface area contributed by atoms with Crippen molar-refractivity contribution in [1.29, 1.82) is 0 Å². The Hall–Kier alpha value is -1.32. The molecule has 1 heterocycles. The van der Waals surface area contributed by atoms with Gasteiger partial charge in [-0.2, -0.15) is 0 Å². The molecule has 0 radical (unpaired) electrons. The molecule has 0 aromatic heterocycles. The highest BCUT2D eigenvalue weighted by atomic mass is 16.4. The molecule has 0 saturated carbocycles. The van der Waals surface area contributed by atoms with E-state index < -0.39 is 12.0 Å². The maximum atomic E-state index is 10.5. The molecular weight excluding hydrogens is 134 g/mol. The van der Waals surface area contributed by atoms with Crippen LogP contribution in [0.5, 0.6) is 0 Å². The average molecular weight is 141 g/mol. The molecule has 0 aliphatic carbocycles. The normalized spacial score (nSPS) is 24.0. The average Bonchev–Trinajstić information content (AvgIpc) is 1.88. The van der Waals surface area contributed by atoms with Gasteiger partial charge < -0.3 is 10.4 Å². The van der Waals surface area contributed by atoms with E-state index in [9.17, 15) is 9.59 Å². The Bertz CT molecular complexity index is 197. The Morgan fingerprint density at radius 1 is 1.80 bits per heavy atom. The Balaban J connectivity index is 2.60. The Labute approximate surface area is 57.5 Å². The van der Waals surface area contributed by atoms with E-state index in [0.29, 0.717) is 6.42 Å². The van der Waals surface area contributed by atoms with E-state index in [2.05, 4.69) is 5.32 Å². The van der Waals surface area contributed by atoms with Gasteiger partial charge in [0.05, 0.1) is 0 Å². The number of carbonyl (C=O) groups excluding carboxylic acids is 1. The minimum Gasteiger partial charge on any atom is -0.480 e. The zero-order valence-electron chi connectivity index (χ0n) is 5.20. The second kappa shape index (κ2) is 2.51. The van der Waals surface area contributed by atoms with Crippen LogP contribution >= 0.6 is 0 Å². The molecule has 10 heavy (non-hydrogen) atoms. The number of amides is 1. The number of carboxylic acid groups (broad SMARTS) is 1. The van der Waals surface area contributed by atoms with Gasteiger partial charge in [0.2, 0.25) is 5.91 Å². The third kappa shape index (κ3) is 1.34. The molecule has 1 aliphatic heterocycles. The lowest BCUT2D eigenvalue weighted by molar-refractivity contribution is -0.141. The van der Waals surface area contributed by atoms with Gasteiger partial charge in [-0.05, 0) is 12.5 Å². The first-order chi connectivity index (χ1) is 4.70. The Morgan fingerprint density at radius 2 is 2.50 bits per heavy atom. The summed E-state index contributed by atoms with van der Waals surface area (Å²) in [6.45, 7) is 0. The minimum absolute atomic E-state index is 0.335. The molecule has 1 rings (SSSR count). The lowest BCUT2D eigenvalue weighted by Crippen LogP contribution is -2.41. The van der Waals surface area contributed by atoms with E-state index >= 15 is 0 Å². The van der Waals surface area contributed by atoms with E-state index in [1.54, 1.807) is 6.08 Å². The number of carboxylic acids is 1. The molecule has 2 N–H and O–H groups in total. The molecule has 0 spiro atoms. The van der Waals surface area contributed by atoms with Gasteiger partial charge in [-0.1, -0.05) is 6.08 Å². The SMILES string of the molecule is O=C1C=CC[C@@H](C(=O)O)N1. The largest absolute Gasteiger partial charge is 0.480 e. The second-order valence-electron chi connectivity index (χ2n) is 2.04. The molecular formula is C6H7NO3. The van der Waals surface area contributed by atoms with Crippen LogP contribution in [0.25, 0.3) is 0 Å². The summed E-state index contributed by atoms with van der Waals surface area (Å²) in [4.78, 5) is 20.8. The summed E-state index contributed by atoms with van der Waals surface area (Å²) in [7, 11) is 0. The molecule has 0 bridgehead atoms. The van der Waals surface area contributed by atoms with Crippen molar-refractivity contribution in [3.8, 4) is 0 Å². The third-order valence-electron chi connectivity index (χ3n) is 1.26. The summed E-state index contributed by atoms with van der Waals surface area (Å²) in [5.41, 5.74) is 0. The summed E-state index contributed by atoms with van der Waals surface area (Å²) in [5, 5.41) is 10.7. The predicted octanol–water partition coefficient (Wildman–Crippen LogP) is -0.484. The highest BCUT2D eigenvalue weighted by Crippen LogP contribution is 1.99. The minimum atomic E-state index is -0.988. The lowest BCUT2D eigenvalue weighted by Gasteiger charge is -2.13. The van der Waals surface area contributed by atoms with Gasteiger partial charge in [0.25, 0.3) is 0 Å². The third-order valence-corrected chi connectivity index (χ3v) is 1.26. The van der Waals surface area contributed by atoms with Crippen molar-refractivity contribution >= 4 is 11.9 Å². The quantitative estimate of drug-likeness (QED) is 0.518. The van der Waals surface area contributed by atoms with Crippen LogP contribution in [0.2, 0.25) is 0 Å². The van der Waals surface area contributed by atoms with Crippen molar-refractivity contribution in [2.75, 3.05) is 0 Å². The van der Waals surface area contributed by atoms with Crippen LogP contribution < -0.4 is 5.32 Å². The van der Waals surface area contributed by atoms with Crippen molar-refractivity contribution in [2.24, 2.45) is 0 Å². The number of aliphatic carboxylic acids is 1. The molecule has 0 aromatic carbocycles. The molecule has 4 heteroatoms. The van der Waals surface area contributed by atoms with Crippen LogP contribution in [0.4, 0.5) is 0 Å². The van der Waals surface area contributed by atoms with Gasteiger partial charge in [0.1, 0.15) is 6.04 Å². The van der Waals surface area contributed by atoms with Crippen LogP contribution in [-0.2, 0) is 9.59 Å². The number of rotatable bonds is 1. The summed E-state index contributed by atoms with van der Waals surface area (Å²) in [6, 6.07) is -0.738. The maximum Gasteiger partial charge on any atom is 0.326 e. The number of hydrogen-bond donors (Lipinski definition) is 2. The maximum absolute atomic E-state index is 10.5. The Morgan fingerprint density at radius 3 is 2.90 bits per heavy atom. The zero-order valence-corrected chi connectivity index (χ0v) is 5.20. The molecule has 1 aliphatic rings. The first kappa shape index (κ1) is 6.80. The predicted molar refractivity (Wildman–Crippen MR) is 33.3 cm³/mol. The van der Waals surface area contributed by atoms with Crippen LogP contribution in [0.15, 0.2) is 12.2 Å². The monoisotopic (exact) mass is 141 g/mol. The van der Waals surface area contributed by atoms with Crippen LogP contribution in [-0.4, -0.2) is 23.0 Å². The molecule has 0 fully saturated rings. The van der Waals surface area contributed by atoms with Gasteiger partial charge in [-0.25, -0.2) is 4.79 Å². The first-order valence-corrected chi connectivity index (χ1v) is 2.90. The summed E-state index contributed by atoms with van der Waals surface area (Å²) in [5.74, 6) is -1.32. The van der Waals surface area contributed by atoms with Gasteiger partial charge in [0, 0.05) is 0 Å². The van der Waals surface area contributed by atoms with Gasteiger partial charge in [-0.3, -0.25) is 4.79 Å². The van der Waals surface area contributed by atoms with E-state index in [4.69, 9.17) is 5.11 Å². The fourth-order valence-corrected chi connectivity index (χ4v) is 0.752. The Kier molecular flexibility index (Phi) is 1.71. The molecule has 1 amide bonds. The highest BCUT2D eigenvalue weighted by molar-refractivity contribution is 5.92. The lowest BCUT2D eigenvalue weighted by atomic mass is 10.1. The molecule has 1 atom stereocenters. The molecule has 0 unspecified atom stereocenters. The second-order valence-corrected chi connectivity index (χ2v) is 2.04. The fraction of sp³-hybridized carbons (Fsp3) is 0.333. The van der Waals surface area contributed by atoms with E-state index in [1.165, 1.54) is 6.08 Å². The van der Waals surface area contributed by atoms with Crippen LogP contribution in [0.3, 0.4) is 0 Å². The molecule has 0 saturated heterocycles. The summed E-state index contributed by atoms with van der Waals surface area (Å²) >= 11 is 0. The van der Waals surface area contributed by atoms with Gasteiger partial charge >= 0.3 is 5.97 Å². The topological polar surface area (TPSA) is 66.4 Å². The molecule has 54 valence electrons. The highest BCUT2D eigenvalue weighted by Gasteiger charge is 2.19. The van der Waals surface area contributed by atoms with E-state index in [1.807, 2.05) is 0 Å². The molecule has 0 aromatic rings. The van der Waals surface area contributed by atoms with Crippen LogP contribution in [0, 0.1) is 0 Å². The van der Waals surface area contributed by atoms with Crippen LogP contribution in [0.1, 0.15) is 6.42 Å². The van der Waals surface area contributed by atoms with Crippen molar-refractivity contribution in [2.45, 2.75) is 12.5 Å². The smallest absolute Gasteiger partial charge is 0.326 e. The first-order valence-electron chi connectivity index (χ1n) is 2.90. The van der Waals surface area contributed by atoms with E-state index in [0.717, 1.165) is 0 Å². The zero-order chi connectivity index (χ0) is 7.56. The summed E-state index contributed by atoms with van der Waals surface area (Å²) < 4.78 is 0. The number of nitrogens with one attached hydrogen (secondary N) is 1. The van der Waals surface area contributed by atoms with Crippen molar-refractivity contribution in [3.63, 3.8) is 0 Å². The fourth-order valence-electron chi connectivity index (χ4n) is 0.752. The standard InChI is InChI=1S/C6H7NO3/c8-5-3-1-2-4(7-5)6(9)10/h1,3-4H,2H2,(H,7,8)(H,9,10)/t4-/m0/s1. The van der Waals surface area contributed by atoms with Crippen molar-refractivity contribution in [3.05, 3.63) is 12.2 Å². The van der Waals surface area contributed by atoms with Gasteiger partial charge in [0.15, 0.2) is 0 Å². The number of carbonyl (C=O) groups is 2. The number of hydrogen-bond acceptors (Lipinski definition) is 2.